The average Bonchev–Trinajstić information content (AvgIpc) is 3.50. The number of hydrogen-bond acceptors (Lipinski definition) is 5. The molecular weight excluding hydrogens is 458 g/mol. The standard InChI is InChI=1S/C27H31N5O2S/c1-5-27(3,4)28-26(34)25(21-13-7-6-11-19(21)2)31(17-20-12-10-16-35-20)24(33)18-32-23-15-9-8-14-22(23)29-30-32/h6-16,25H,5,17-18H2,1-4H3,(H,28,34). The molecule has 0 saturated heterocycles. The molecule has 0 fully saturated rings. The van der Waals surface area contributed by atoms with E-state index in [9.17, 15) is 9.59 Å². The molecule has 0 aliphatic carbocycles. The number of carbonyl (C=O) groups is 2. The number of hydrogen-bond donors (Lipinski definition) is 1. The van der Waals surface area contributed by atoms with E-state index in [1.54, 1.807) is 20.9 Å². The van der Waals surface area contributed by atoms with Crippen molar-refractivity contribution in [1.82, 2.24) is 25.2 Å². The van der Waals surface area contributed by atoms with Crippen LogP contribution in [0.1, 0.15) is 49.2 Å². The van der Waals surface area contributed by atoms with Gasteiger partial charge in [0.25, 0.3) is 0 Å². The van der Waals surface area contributed by atoms with Gasteiger partial charge in [-0.2, -0.15) is 0 Å². The van der Waals surface area contributed by atoms with Crippen molar-refractivity contribution in [3.63, 3.8) is 0 Å². The number of carbonyl (C=O) groups excluding carboxylic acids is 2. The second kappa shape index (κ2) is 10.4. The largest absolute Gasteiger partial charge is 0.349 e. The fourth-order valence-electron chi connectivity index (χ4n) is 3.98. The minimum Gasteiger partial charge on any atom is -0.349 e. The third-order valence-electron chi connectivity index (χ3n) is 6.32. The molecule has 0 bridgehead atoms. The summed E-state index contributed by atoms with van der Waals surface area (Å²) in [6.45, 7) is 8.30. The number of rotatable bonds is 9. The summed E-state index contributed by atoms with van der Waals surface area (Å²) in [6.07, 6.45) is 0.767. The Morgan fingerprint density at radius 1 is 1.09 bits per heavy atom. The minimum absolute atomic E-state index is 0.0152. The Hall–Kier alpha value is -3.52. The van der Waals surface area contributed by atoms with Crippen LogP contribution in [-0.4, -0.2) is 37.2 Å². The first kappa shape index (κ1) is 24.6. The topological polar surface area (TPSA) is 80.1 Å². The van der Waals surface area contributed by atoms with Crippen molar-refractivity contribution in [3.8, 4) is 0 Å². The van der Waals surface area contributed by atoms with Crippen LogP contribution in [0, 0.1) is 6.92 Å². The average molecular weight is 490 g/mol. The molecule has 2 aromatic heterocycles. The lowest BCUT2D eigenvalue weighted by molar-refractivity contribution is -0.142. The smallest absolute Gasteiger partial charge is 0.247 e. The summed E-state index contributed by atoms with van der Waals surface area (Å²) in [5.74, 6) is -0.397. The third kappa shape index (κ3) is 5.59. The molecule has 1 atom stereocenters. The predicted octanol–water partition coefficient (Wildman–Crippen LogP) is 4.88. The van der Waals surface area contributed by atoms with Crippen LogP contribution in [0.5, 0.6) is 0 Å². The number of thiophene rings is 1. The Labute approximate surface area is 209 Å². The number of aromatic nitrogens is 3. The third-order valence-corrected chi connectivity index (χ3v) is 7.18. The van der Waals surface area contributed by atoms with Gasteiger partial charge in [-0.15, -0.1) is 16.4 Å². The van der Waals surface area contributed by atoms with Crippen molar-refractivity contribution in [3.05, 3.63) is 82.0 Å². The van der Waals surface area contributed by atoms with Crippen LogP contribution in [0.4, 0.5) is 0 Å². The second-order valence-corrected chi connectivity index (χ2v) is 10.4. The summed E-state index contributed by atoms with van der Waals surface area (Å²) >= 11 is 1.56. The van der Waals surface area contributed by atoms with E-state index in [4.69, 9.17) is 0 Å². The van der Waals surface area contributed by atoms with Crippen molar-refractivity contribution >= 4 is 34.2 Å². The zero-order chi connectivity index (χ0) is 25.0. The number of amides is 2. The quantitative estimate of drug-likeness (QED) is 0.364. The fourth-order valence-corrected chi connectivity index (χ4v) is 4.68. The summed E-state index contributed by atoms with van der Waals surface area (Å²) in [4.78, 5) is 30.4. The Bertz CT molecular complexity index is 1310. The normalized spacial score (nSPS) is 12.5. The van der Waals surface area contributed by atoms with Crippen molar-refractivity contribution in [2.75, 3.05) is 0 Å². The van der Waals surface area contributed by atoms with Crippen LogP contribution >= 0.6 is 11.3 Å². The zero-order valence-electron chi connectivity index (χ0n) is 20.6. The molecule has 35 heavy (non-hydrogen) atoms. The minimum atomic E-state index is -0.786. The first-order valence-corrected chi connectivity index (χ1v) is 12.6. The molecule has 2 aromatic carbocycles. The van der Waals surface area contributed by atoms with Crippen LogP contribution in [-0.2, 0) is 22.7 Å². The molecule has 0 spiro atoms. The van der Waals surface area contributed by atoms with Crippen molar-refractivity contribution in [1.29, 1.82) is 0 Å². The lowest BCUT2D eigenvalue weighted by Gasteiger charge is -2.35. The number of benzene rings is 2. The maximum atomic E-state index is 13.9. The molecule has 2 heterocycles. The Kier molecular flexibility index (Phi) is 7.31. The molecule has 2 amide bonds. The molecule has 4 aromatic rings. The summed E-state index contributed by atoms with van der Waals surface area (Å²) in [7, 11) is 0. The van der Waals surface area contributed by atoms with Gasteiger partial charge in [0.15, 0.2) is 0 Å². The molecular formula is C27H31N5O2S. The van der Waals surface area contributed by atoms with Gasteiger partial charge in [0.05, 0.1) is 12.1 Å². The summed E-state index contributed by atoms with van der Waals surface area (Å²) < 4.78 is 1.60. The van der Waals surface area contributed by atoms with Crippen molar-refractivity contribution < 1.29 is 9.59 Å². The van der Waals surface area contributed by atoms with E-state index in [0.29, 0.717) is 6.54 Å². The van der Waals surface area contributed by atoms with Crippen LogP contribution in [0.3, 0.4) is 0 Å². The van der Waals surface area contributed by atoms with Gasteiger partial charge in [0.2, 0.25) is 11.8 Å². The van der Waals surface area contributed by atoms with E-state index in [-0.39, 0.29) is 18.4 Å². The molecule has 182 valence electrons. The molecule has 8 heteroatoms. The molecule has 4 rings (SSSR count). The number of para-hydroxylation sites is 1. The Morgan fingerprint density at radius 2 is 1.83 bits per heavy atom. The number of fused-ring (bicyclic) bond motifs is 1. The van der Waals surface area contributed by atoms with Crippen LogP contribution < -0.4 is 5.32 Å². The van der Waals surface area contributed by atoms with E-state index in [2.05, 4.69) is 15.6 Å². The Balaban J connectivity index is 1.76. The summed E-state index contributed by atoms with van der Waals surface area (Å²) in [5, 5.41) is 13.5. The highest BCUT2D eigenvalue weighted by Gasteiger charge is 2.35. The van der Waals surface area contributed by atoms with Gasteiger partial charge in [-0.05, 0) is 61.9 Å². The van der Waals surface area contributed by atoms with E-state index in [1.807, 2.05) is 93.7 Å². The predicted molar refractivity (Wildman–Crippen MR) is 139 cm³/mol. The lowest BCUT2D eigenvalue weighted by Crippen LogP contribution is -2.50. The highest BCUT2D eigenvalue weighted by atomic mass is 32.1. The molecule has 0 saturated carbocycles. The summed E-state index contributed by atoms with van der Waals surface area (Å²) in [6, 6.07) is 18.4. The fraction of sp³-hybridized carbons (Fsp3) is 0.333. The maximum Gasteiger partial charge on any atom is 0.247 e. The second-order valence-electron chi connectivity index (χ2n) is 9.32. The van der Waals surface area contributed by atoms with Gasteiger partial charge in [-0.1, -0.05) is 54.6 Å². The van der Waals surface area contributed by atoms with E-state index < -0.39 is 11.6 Å². The van der Waals surface area contributed by atoms with Crippen LogP contribution in [0.15, 0.2) is 66.0 Å². The van der Waals surface area contributed by atoms with Gasteiger partial charge in [-0.3, -0.25) is 9.59 Å². The molecule has 7 nitrogen and oxygen atoms in total. The number of nitrogens with one attached hydrogen (secondary N) is 1. The van der Waals surface area contributed by atoms with Crippen LogP contribution in [0.25, 0.3) is 11.0 Å². The molecule has 1 unspecified atom stereocenters. The molecule has 0 aliphatic heterocycles. The van der Waals surface area contributed by atoms with E-state index in [0.717, 1.165) is 33.5 Å². The SMILES string of the molecule is CCC(C)(C)NC(=O)C(c1ccccc1C)N(Cc1cccs1)C(=O)Cn1nnc2ccccc21. The van der Waals surface area contributed by atoms with Gasteiger partial charge < -0.3 is 10.2 Å². The van der Waals surface area contributed by atoms with Gasteiger partial charge in [0, 0.05) is 10.4 Å². The molecule has 1 N–H and O–H groups in total. The molecule has 0 radical (unpaired) electrons. The van der Waals surface area contributed by atoms with Gasteiger partial charge >= 0.3 is 0 Å². The zero-order valence-corrected chi connectivity index (χ0v) is 21.4. The number of aryl methyl sites for hydroxylation is 1. The molecule has 0 aliphatic rings. The first-order chi connectivity index (χ1) is 16.8. The highest BCUT2D eigenvalue weighted by Crippen LogP contribution is 2.29. The number of nitrogens with zero attached hydrogens (tertiary/aromatic N) is 4. The van der Waals surface area contributed by atoms with E-state index in [1.165, 1.54) is 0 Å². The highest BCUT2D eigenvalue weighted by molar-refractivity contribution is 7.09. The van der Waals surface area contributed by atoms with E-state index >= 15 is 0 Å². The van der Waals surface area contributed by atoms with Crippen molar-refractivity contribution in [2.24, 2.45) is 0 Å². The first-order valence-electron chi connectivity index (χ1n) is 11.8. The van der Waals surface area contributed by atoms with Crippen LogP contribution in [0.2, 0.25) is 0 Å². The van der Waals surface area contributed by atoms with Gasteiger partial charge in [-0.25, -0.2) is 4.68 Å². The van der Waals surface area contributed by atoms with Crippen molar-refractivity contribution in [2.45, 2.75) is 58.8 Å². The lowest BCUT2D eigenvalue weighted by atomic mass is 9.96. The monoisotopic (exact) mass is 489 g/mol. The maximum absolute atomic E-state index is 13.9. The van der Waals surface area contributed by atoms with Gasteiger partial charge in [0.1, 0.15) is 18.1 Å². The Morgan fingerprint density at radius 3 is 2.54 bits per heavy atom. The summed E-state index contributed by atoms with van der Waals surface area (Å²) in [5.41, 5.74) is 2.86.